The molecular weight excluding hydrogens is 224 g/mol. The Balaban J connectivity index is 1.86. The molecule has 1 atom stereocenters. The lowest BCUT2D eigenvalue weighted by molar-refractivity contribution is 0.674. The van der Waals surface area contributed by atoms with Gasteiger partial charge in [-0.1, -0.05) is 42.5 Å². The molecule has 0 spiro atoms. The van der Waals surface area contributed by atoms with Crippen LogP contribution in [0.5, 0.6) is 0 Å². The maximum absolute atomic E-state index is 2.30. The Morgan fingerprint density at radius 3 is 2.53 bits per heavy atom. The van der Waals surface area contributed by atoms with E-state index in [9.17, 15) is 0 Å². The lowest BCUT2D eigenvalue weighted by Gasteiger charge is -2.24. The molecule has 0 fully saturated rings. The normalized spacial score (nSPS) is 18.7. The maximum Gasteiger partial charge on any atom is 0.0347 e. The molecule has 86 valence electrons. The highest BCUT2D eigenvalue weighted by Gasteiger charge is 2.20. The number of benzene rings is 2. The Bertz CT molecular complexity index is 490. The predicted molar refractivity (Wildman–Crippen MR) is 74.4 cm³/mol. The highest BCUT2D eigenvalue weighted by atomic mass is 32.2. The first-order valence-corrected chi connectivity index (χ1v) is 7.11. The Hall–Kier alpha value is -1.21. The van der Waals surface area contributed by atoms with Gasteiger partial charge in [0.05, 0.1) is 0 Å². The summed E-state index contributed by atoms with van der Waals surface area (Å²) in [4.78, 5) is 1.38. The van der Waals surface area contributed by atoms with E-state index in [-0.39, 0.29) is 0 Å². The van der Waals surface area contributed by atoms with Crippen molar-refractivity contribution in [3.63, 3.8) is 0 Å². The van der Waals surface area contributed by atoms with Gasteiger partial charge in [-0.3, -0.25) is 0 Å². The first kappa shape index (κ1) is 10.9. The van der Waals surface area contributed by atoms with Crippen molar-refractivity contribution in [2.24, 2.45) is 0 Å². The zero-order valence-electron chi connectivity index (χ0n) is 9.80. The van der Waals surface area contributed by atoms with Crippen LogP contribution in [0, 0.1) is 0 Å². The zero-order chi connectivity index (χ0) is 11.5. The first-order valence-electron chi connectivity index (χ1n) is 6.23. The largest absolute Gasteiger partial charge is 0.118 e. The van der Waals surface area contributed by atoms with Gasteiger partial charge < -0.3 is 0 Å². The van der Waals surface area contributed by atoms with Crippen LogP contribution in [0.3, 0.4) is 0 Å². The van der Waals surface area contributed by atoms with Crippen LogP contribution in [0.4, 0.5) is 0 Å². The van der Waals surface area contributed by atoms with Gasteiger partial charge in [0.25, 0.3) is 0 Å². The highest BCUT2D eigenvalue weighted by Crippen LogP contribution is 2.42. The van der Waals surface area contributed by atoms with Gasteiger partial charge in [-0.05, 0) is 42.5 Å². The number of aryl methyl sites for hydroxylation is 1. The molecule has 0 aromatic heterocycles. The minimum Gasteiger partial charge on any atom is -0.118 e. The van der Waals surface area contributed by atoms with Crippen LogP contribution in [-0.2, 0) is 6.42 Å². The summed E-state index contributed by atoms with van der Waals surface area (Å²) in [5.41, 5.74) is 3.10. The average Bonchev–Trinajstić information content (AvgIpc) is 2.40. The number of hydrogen-bond acceptors (Lipinski definition) is 1. The summed E-state index contributed by atoms with van der Waals surface area (Å²) in [5.74, 6) is 0. The van der Waals surface area contributed by atoms with Crippen LogP contribution in [0.25, 0.3) is 0 Å². The molecule has 3 rings (SSSR count). The van der Waals surface area contributed by atoms with Gasteiger partial charge in [0.2, 0.25) is 0 Å². The fraction of sp³-hybridized carbons (Fsp3) is 0.250. The van der Waals surface area contributed by atoms with E-state index in [1.54, 1.807) is 11.1 Å². The second-order valence-electron chi connectivity index (χ2n) is 4.51. The number of fused-ring (bicyclic) bond motifs is 1. The Labute approximate surface area is 107 Å². The molecule has 2 aromatic rings. The van der Waals surface area contributed by atoms with Crippen LogP contribution >= 0.6 is 11.8 Å². The molecular formula is C16H16S. The van der Waals surface area contributed by atoms with E-state index in [0.717, 1.165) is 0 Å². The van der Waals surface area contributed by atoms with Crippen molar-refractivity contribution in [2.75, 3.05) is 0 Å². The second kappa shape index (κ2) is 4.97. The zero-order valence-corrected chi connectivity index (χ0v) is 10.6. The van der Waals surface area contributed by atoms with Crippen molar-refractivity contribution in [3.05, 3.63) is 65.7 Å². The molecule has 1 heteroatoms. The molecule has 0 aliphatic heterocycles. The van der Waals surface area contributed by atoms with E-state index in [0.29, 0.717) is 5.25 Å². The molecule has 0 unspecified atom stereocenters. The monoisotopic (exact) mass is 240 g/mol. The standard InChI is InChI=1S/C16H16S/c1-2-9-14(10-3-1)17-16-12-6-8-13-7-4-5-11-15(13)16/h1-5,7,9-11,16H,6,8,12H2/t16-/m1/s1. The summed E-state index contributed by atoms with van der Waals surface area (Å²) in [6.07, 6.45) is 3.88. The smallest absolute Gasteiger partial charge is 0.0347 e. The van der Waals surface area contributed by atoms with Gasteiger partial charge in [-0.15, -0.1) is 11.8 Å². The quantitative estimate of drug-likeness (QED) is 0.722. The van der Waals surface area contributed by atoms with E-state index in [1.807, 2.05) is 11.8 Å². The minimum absolute atomic E-state index is 0.641. The molecule has 0 saturated carbocycles. The Morgan fingerprint density at radius 1 is 0.882 bits per heavy atom. The van der Waals surface area contributed by atoms with Gasteiger partial charge >= 0.3 is 0 Å². The molecule has 1 aliphatic carbocycles. The molecule has 2 aromatic carbocycles. The van der Waals surface area contributed by atoms with Crippen molar-refractivity contribution < 1.29 is 0 Å². The summed E-state index contributed by atoms with van der Waals surface area (Å²) in [6, 6.07) is 19.7. The Kier molecular flexibility index (Phi) is 3.19. The van der Waals surface area contributed by atoms with E-state index in [1.165, 1.54) is 24.2 Å². The molecule has 0 bridgehead atoms. The van der Waals surface area contributed by atoms with Crippen molar-refractivity contribution in [2.45, 2.75) is 29.4 Å². The van der Waals surface area contributed by atoms with Gasteiger partial charge in [-0.25, -0.2) is 0 Å². The van der Waals surface area contributed by atoms with Gasteiger partial charge in [0.1, 0.15) is 0 Å². The number of rotatable bonds is 2. The van der Waals surface area contributed by atoms with Gasteiger partial charge in [-0.2, -0.15) is 0 Å². The lowest BCUT2D eigenvalue weighted by atomic mass is 9.91. The molecule has 0 saturated heterocycles. The predicted octanol–water partition coefficient (Wildman–Crippen LogP) is 4.86. The third-order valence-electron chi connectivity index (χ3n) is 3.34. The SMILES string of the molecule is c1ccc(S[C@@H]2CCCc3ccccc32)cc1. The number of hydrogen-bond donors (Lipinski definition) is 0. The summed E-state index contributed by atoms with van der Waals surface area (Å²) < 4.78 is 0. The van der Waals surface area contributed by atoms with Crippen LogP contribution in [0.2, 0.25) is 0 Å². The van der Waals surface area contributed by atoms with Crippen LogP contribution in [0.15, 0.2) is 59.5 Å². The lowest BCUT2D eigenvalue weighted by Crippen LogP contribution is -2.06. The second-order valence-corrected chi connectivity index (χ2v) is 5.79. The Morgan fingerprint density at radius 2 is 1.65 bits per heavy atom. The first-order chi connectivity index (χ1) is 8.43. The van der Waals surface area contributed by atoms with E-state index in [2.05, 4.69) is 54.6 Å². The maximum atomic E-state index is 2.30. The van der Waals surface area contributed by atoms with E-state index in [4.69, 9.17) is 0 Å². The third kappa shape index (κ3) is 2.39. The summed E-state index contributed by atoms with van der Waals surface area (Å²) in [6.45, 7) is 0. The van der Waals surface area contributed by atoms with E-state index >= 15 is 0 Å². The van der Waals surface area contributed by atoms with Crippen molar-refractivity contribution in [1.29, 1.82) is 0 Å². The molecule has 17 heavy (non-hydrogen) atoms. The summed E-state index contributed by atoms with van der Waals surface area (Å²) in [7, 11) is 0. The molecule has 0 amide bonds. The molecule has 0 radical (unpaired) electrons. The van der Waals surface area contributed by atoms with Crippen LogP contribution in [-0.4, -0.2) is 0 Å². The molecule has 0 nitrogen and oxygen atoms in total. The third-order valence-corrected chi connectivity index (χ3v) is 4.65. The van der Waals surface area contributed by atoms with Crippen LogP contribution in [0.1, 0.15) is 29.2 Å². The van der Waals surface area contributed by atoms with Crippen molar-refractivity contribution >= 4 is 11.8 Å². The molecule has 0 N–H and O–H groups in total. The van der Waals surface area contributed by atoms with Crippen LogP contribution < -0.4 is 0 Å². The van der Waals surface area contributed by atoms with Crippen molar-refractivity contribution in [3.8, 4) is 0 Å². The number of thioether (sulfide) groups is 1. The minimum atomic E-state index is 0.641. The summed E-state index contributed by atoms with van der Waals surface area (Å²) >= 11 is 2.01. The van der Waals surface area contributed by atoms with Gasteiger partial charge in [0, 0.05) is 10.1 Å². The van der Waals surface area contributed by atoms with Crippen molar-refractivity contribution in [1.82, 2.24) is 0 Å². The molecule has 0 heterocycles. The highest BCUT2D eigenvalue weighted by molar-refractivity contribution is 7.99. The fourth-order valence-electron chi connectivity index (χ4n) is 2.50. The topological polar surface area (TPSA) is 0 Å². The average molecular weight is 240 g/mol. The van der Waals surface area contributed by atoms with Gasteiger partial charge in [0.15, 0.2) is 0 Å². The summed E-state index contributed by atoms with van der Waals surface area (Å²) in [5, 5.41) is 0.641. The van der Waals surface area contributed by atoms with E-state index < -0.39 is 0 Å². The molecule has 1 aliphatic rings. The fourth-order valence-corrected chi connectivity index (χ4v) is 3.78.